The van der Waals surface area contributed by atoms with Crippen molar-refractivity contribution in [3.05, 3.63) is 11.6 Å². The summed E-state index contributed by atoms with van der Waals surface area (Å²) in [5.41, 5.74) is 2.42. The number of fused-ring (bicyclic) bond motifs is 5. The van der Waals surface area contributed by atoms with E-state index in [1.54, 1.807) is 5.57 Å². The third-order valence-electron chi connectivity index (χ3n) is 12.3. The van der Waals surface area contributed by atoms with Crippen LogP contribution in [0.25, 0.3) is 0 Å². The highest BCUT2D eigenvalue weighted by Gasteiger charge is 2.59. The molecule has 0 spiro atoms. The zero-order valence-electron chi connectivity index (χ0n) is 26.5. The molecular formula is C36H60O4. The standard InChI is InChI=1S/C36H60O4/c1-25(2)12-11-13-26(3)30-18-19-31-29-17-16-27-24-28(20-22-35(27,4)32(29)21-23-36(30,31)5)40-34(39)15-10-8-6-7-9-14-33(37)38/h16,25-26,28-32H,6-15,17-24H2,1-5H3,(H,37,38)/t26?,28-,29-,30+,31-,32-,35-,36+/m0/s1. The van der Waals surface area contributed by atoms with Crippen LogP contribution in [-0.4, -0.2) is 23.1 Å². The van der Waals surface area contributed by atoms with Crippen LogP contribution < -0.4 is 0 Å². The van der Waals surface area contributed by atoms with E-state index < -0.39 is 5.97 Å². The van der Waals surface area contributed by atoms with Gasteiger partial charge >= 0.3 is 11.9 Å². The van der Waals surface area contributed by atoms with Crippen molar-refractivity contribution in [1.82, 2.24) is 0 Å². The van der Waals surface area contributed by atoms with Crippen molar-refractivity contribution < 1.29 is 19.4 Å². The quantitative estimate of drug-likeness (QED) is 0.131. The Morgan fingerprint density at radius 2 is 1.62 bits per heavy atom. The highest BCUT2D eigenvalue weighted by molar-refractivity contribution is 5.69. The second-order valence-electron chi connectivity index (χ2n) is 15.3. The molecule has 4 nitrogen and oxygen atoms in total. The van der Waals surface area contributed by atoms with Gasteiger partial charge < -0.3 is 9.84 Å². The van der Waals surface area contributed by atoms with E-state index in [-0.39, 0.29) is 18.5 Å². The van der Waals surface area contributed by atoms with Crippen molar-refractivity contribution in [2.75, 3.05) is 0 Å². The molecule has 3 saturated carbocycles. The van der Waals surface area contributed by atoms with Crippen molar-refractivity contribution in [2.24, 2.45) is 46.3 Å². The Hall–Kier alpha value is -1.32. The minimum Gasteiger partial charge on any atom is -0.481 e. The fourth-order valence-corrected chi connectivity index (χ4v) is 10.1. The van der Waals surface area contributed by atoms with E-state index in [0.29, 0.717) is 17.3 Å². The van der Waals surface area contributed by atoms with Crippen LogP contribution in [0.4, 0.5) is 0 Å². The van der Waals surface area contributed by atoms with Crippen LogP contribution >= 0.6 is 0 Å². The van der Waals surface area contributed by atoms with Gasteiger partial charge in [0.2, 0.25) is 0 Å². The lowest BCUT2D eigenvalue weighted by Crippen LogP contribution is -2.51. The SMILES string of the molecule is CC(C)CCCC(C)[C@H]1CC[C@H]2[C@@H]3CC=C4C[C@@H](OC(=O)CCCCCCCC(=O)O)CC[C@]4(C)[C@H]3CC[C@]12C. The molecule has 0 aromatic heterocycles. The number of hydrogen-bond donors (Lipinski definition) is 1. The third kappa shape index (κ3) is 7.17. The molecule has 0 aromatic carbocycles. The summed E-state index contributed by atoms with van der Waals surface area (Å²) >= 11 is 0. The number of carboxylic acids is 1. The fraction of sp³-hybridized carbons (Fsp3) is 0.889. The molecule has 3 fully saturated rings. The number of carboxylic acid groups (broad SMARTS) is 1. The maximum absolute atomic E-state index is 12.6. The molecule has 0 aliphatic heterocycles. The van der Waals surface area contributed by atoms with E-state index in [0.717, 1.165) is 80.5 Å². The minimum absolute atomic E-state index is 0.0404. The van der Waals surface area contributed by atoms with Gasteiger partial charge in [-0.05, 0) is 104 Å². The van der Waals surface area contributed by atoms with Crippen LogP contribution in [-0.2, 0) is 14.3 Å². The summed E-state index contributed by atoms with van der Waals surface area (Å²) in [6.07, 6.45) is 22.1. The lowest BCUT2D eigenvalue weighted by molar-refractivity contribution is -0.151. The largest absolute Gasteiger partial charge is 0.481 e. The average molecular weight is 557 g/mol. The Balaban J connectivity index is 1.27. The molecule has 4 heteroatoms. The number of allylic oxidation sites excluding steroid dienone is 1. The average Bonchev–Trinajstić information content (AvgIpc) is 3.25. The Morgan fingerprint density at radius 3 is 2.35 bits per heavy atom. The van der Waals surface area contributed by atoms with Crippen molar-refractivity contribution in [2.45, 2.75) is 156 Å². The summed E-state index contributed by atoms with van der Waals surface area (Å²) in [4.78, 5) is 23.2. The first-order valence-electron chi connectivity index (χ1n) is 17.2. The van der Waals surface area contributed by atoms with Gasteiger partial charge in [-0.15, -0.1) is 0 Å². The first-order chi connectivity index (χ1) is 19.0. The smallest absolute Gasteiger partial charge is 0.306 e. The van der Waals surface area contributed by atoms with Crippen LogP contribution in [0, 0.1) is 46.3 Å². The summed E-state index contributed by atoms with van der Waals surface area (Å²) in [6.45, 7) is 12.5. The predicted molar refractivity (Wildman–Crippen MR) is 163 cm³/mol. The van der Waals surface area contributed by atoms with Gasteiger partial charge in [-0.2, -0.15) is 0 Å². The molecular weight excluding hydrogens is 496 g/mol. The Kier molecular flexibility index (Phi) is 10.9. The molecule has 40 heavy (non-hydrogen) atoms. The van der Waals surface area contributed by atoms with Gasteiger partial charge in [-0.3, -0.25) is 9.59 Å². The third-order valence-corrected chi connectivity index (χ3v) is 12.3. The van der Waals surface area contributed by atoms with Gasteiger partial charge in [0.15, 0.2) is 0 Å². The Labute approximate surface area is 245 Å². The Bertz CT molecular complexity index is 891. The molecule has 0 amide bonds. The van der Waals surface area contributed by atoms with Gasteiger partial charge in [0, 0.05) is 19.3 Å². The zero-order chi connectivity index (χ0) is 28.9. The highest BCUT2D eigenvalue weighted by atomic mass is 16.5. The van der Waals surface area contributed by atoms with Crippen LogP contribution in [0.2, 0.25) is 0 Å². The minimum atomic E-state index is -0.720. The second kappa shape index (κ2) is 13.8. The molecule has 1 unspecified atom stereocenters. The van der Waals surface area contributed by atoms with Gasteiger partial charge in [-0.1, -0.05) is 84.8 Å². The number of ether oxygens (including phenoxy) is 1. The maximum Gasteiger partial charge on any atom is 0.306 e. The summed E-state index contributed by atoms with van der Waals surface area (Å²) in [7, 11) is 0. The normalized spacial score (nSPS) is 35.9. The molecule has 1 N–H and O–H groups in total. The van der Waals surface area contributed by atoms with Crippen molar-refractivity contribution in [3.63, 3.8) is 0 Å². The summed E-state index contributed by atoms with van der Waals surface area (Å²) in [6, 6.07) is 0. The summed E-state index contributed by atoms with van der Waals surface area (Å²) in [5.74, 6) is 4.36. The van der Waals surface area contributed by atoms with Crippen LogP contribution in [0.5, 0.6) is 0 Å². The van der Waals surface area contributed by atoms with Gasteiger partial charge in [0.05, 0.1) is 0 Å². The van der Waals surface area contributed by atoms with E-state index in [2.05, 4.69) is 40.7 Å². The van der Waals surface area contributed by atoms with Crippen LogP contribution in [0.15, 0.2) is 11.6 Å². The van der Waals surface area contributed by atoms with Crippen molar-refractivity contribution >= 4 is 11.9 Å². The molecule has 4 aliphatic carbocycles. The molecule has 0 saturated heterocycles. The maximum atomic E-state index is 12.6. The molecule has 0 bridgehead atoms. The number of carbonyl (C=O) groups is 2. The monoisotopic (exact) mass is 556 g/mol. The number of rotatable bonds is 14. The molecule has 0 heterocycles. The van der Waals surface area contributed by atoms with Crippen LogP contribution in [0.3, 0.4) is 0 Å². The van der Waals surface area contributed by atoms with Crippen molar-refractivity contribution in [1.29, 1.82) is 0 Å². The highest BCUT2D eigenvalue weighted by Crippen LogP contribution is 2.67. The molecule has 4 rings (SSSR count). The molecule has 0 radical (unpaired) electrons. The van der Waals surface area contributed by atoms with Crippen molar-refractivity contribution in [3.8, 4) is 0 Å². The first kappa shape index (κ1) is 31.6. The number of carbonyl (C=O) groups excluding carboxylic acids is 1. The number of unbranched alkanes of at least 4 members (excludes halogenated alkanes) is 4. The van der Waals surface area contributed by atoms with Gasteiger partial charge in [0.1, 0.15) is 6.10 Å². The Morgan fingerprint density at radius 1 is 0.900 bits per heavy atom. The van der Waals surface area contributed by atoms with E-state index in [1.807, 2.05) is 0 Å². The second-order valence-corrected chi connectivity index (χ2v) is 15.3. The van der Waals surface area contributed by atoms with Crippen LogP contribution in [0.1, 0.15) is 150 Å². The molecule has 228 valence electrons. The zero-order valence-corrected chi connectivity index (χ0v) is 26.5. The molecule has 8 atom stereocenters. The number of esters is 1. The lowest BCUT2D eigenvalue weighted by atomic mass is 9.47. The van der Waals surface area contributed by atoms with E-state index in [1.165, 1.54) is 57.8 Å². The fourth-order valence-electron chi connectivity index (χ4n) is 10.1. The van der Waals surface area contributed by atoms with Gasteiger partial charge in [-0.25, -0.2) is 0 Å². The number of aliphatic carboxylic acids is 1. The first-order valence-corrected chi connectivity index (χ1v) is 17.2. The lowest BCUT2D eigenvalue weighted by Gasteiger charge is -2.58. The van der Waals surface area contributed by atoms with E-state index >= 15 is 0 Å². The predicted octanol–water partition coefficient (Wildman–Crippen LogP) is 9.75. The summed E-state index contributed by atoms with van der Waals surface area (Å²) < 4.78 is 6.00. The van der Waals surface area contributed by atoms with E-state index in [9.17, 15) is 9.59 Å². The molecule has 0 aromatic rings. The topological polar surface area (TPSA) is 63.6 Å². The van der Waals surface area contributed by atoms with E-state index in [4.69, 9.17) is 9.84 Å². The number of hydrogen-bond acceptors (Lipinski definition) is 3. The summed E-state index contributed by atoms with van der Waals surface area (Å²) in [5, 5.41) is 8.74. The van der Waals surface area contributed by atoms with Gasteiger partial charge in [0.25, 0.3) is 0 Å². The molecule has 4 aliphatic rings.